The van der Waals surface area contributed by atoms with Gasteiger partial charge in [-0.3, -0.25) is 4.57 Å². The lowest BCUT2D eigenvalue weighted by Crippen LogP contribution is -2.15. The molecule has 0 fully saturated rings. The summed E-state index contributed by atoms with van der Waals surface area (Å²) in [6, 6.07) is 6.90. The maximum atomic E-state index is 13.7. The highest BCUT2D eigenvalue weighted by Gasteiger charge is 2.38. The SMILES string of the molecule is COC(=O)c1ccc2c(c1)nc(C(F)(F)F)n2-c1cnc(NCc2ccc(F)cc2F)cn1. The largest absolute Gasteiger partial charge is 0.465 e. The molecule has 0 radical (unpaired) electrons. The number of nitrogens with zero attached hydrogens (tertiary/aromatic N) is 4. The highest BCUT2D eigenvalue weighted by molar-refractivity contribution is 5.94. The molecule has 0 aliphatic heterocycles. The van der Waals surface area contributed by atoms with Gasteiger partial charge in [0.2, 0.25) is 5.82 Å². The van der Waals surface area contributed by atoms with Gasteiger partial charge in [0.05, 0.1) is 36.1 Å². The number of fused-ring (bicyclic) bond motifs is 1. The first-order valence-electron chi connectivity index (χ1n) is 9.35. The third-order valence-corrected chi connectivity index (χ3v) is 4.67. The molecule has 33 heavy (non-hydrogen) atoms. The standard InChI is InChI=1S/C21H14F5N5O2/c1-33-19(32)11-3-5-16-15(6-11)30-20(21(24,25)26)31(16)18-10-28-17(9-29-18)27-8-12-2-4-13(22)7-14(12)23/h2-7,9-10H,8H2,1H3,(H,27,28). The third kappa shape index (κ3) is 4.45. The fourth-order valence-corrected chi connectivity index (χ4v) is 3.13. The van der Waals surface area contributed by atoms with Crippen LogP contribution in [-0.4, -0.2) is 32.6 Å². The summed E-state index contributed by atoms with van der Waals surface area (Å²) in [4.78, 5) is 23.4. The summed E-state index contributed by atoms with van der Waals surface area (Å²) in [5.41, 5.74) is 0.185. The van der Waals surface area contributed by atoms with Crippen LogP contribution in [0.2, 0.25) is 0 Å². The van der Waals surface area contributed by atoms with Gasteiger partial charge in [-0.2, -0.15) is 13.2 Å². The average Bonchev–Trinajstić information content (AvgIpc) is 3.18. The summed E-state index contributed by atoms with van der Waals surface area (Å²) in [5.74, 6) is -3.44. The maximum Gasteiger partial charge on any atom is 0.450 e. The summed E-state index contributed by atoms with van der Waals surface area (Å²) in [6.07, 6.45) is -2.55. The van der Waals surface area contributed by atoms with E-state index in [1.54, 1.807) is 0 Å². The molecule has 7 nitrogen and oxygen atoms in total. The number of carbonyl (C=O) groups excluding carboxylic acids is 1. The van der Waals surface area contributed by atoms with Crippen molar-refractivity contribution < 1.29 is 31.5 Å². The second-order valence-electron chi connectivity index (χ2n) is 6.81. The van der Waals surface area contributed by atoms with E-state index in [2.05, 4.69) is 25.0 Å². The number of methoxy groups -OCH3 is 1. The summed E-state index contributed by atoms with van der Waals surface area (Å²) in [5, 5.41) is 2.77. The first-order chi connectivity index (χ1) is 15.7. The Balaban J connectivity index is 1.67. The molecular formula is C21H14F5N5O2. The van der Waals surface area contributed by atoms with Crippen LogP contribution in [0.3, 0.4) is 0 Å². The minimum atomic E-state index is -4.82. The van der Waals surface area contributed by atoms with E-state index in [-0.39, 0.29) is 40.3 Å². The minimum Gasteiger partial charge on any atom is -0.465 e. The molecule has 2 aromatic carbocycles. The van der Waals surface area contributed by atoms with E-state index >= 15 is 0 Å². The second-order valence-corrected chi connectivity index (χ2v) is 6.81. The molecular weight excluding hydrogens is 449 g/mol. The number of nitrogens with one attached hydrogen (secondary N) is 1. The summed E-state index contributed by atoms with van der Waals surface area (Å²) < 4.78 is 73.1. The number of rotatable bonds is 5. The van der Waals surface area contributed by atoms with Crippen molar-refractivity contribution in [2.75, 3.05) is 12.4 Å². The van der Waals surface area contributed by atoms with E-state index in [1.807, 2.05) is 0 Å². The molecule has 170 valence electrons. The zero-order chi connectivity index (χ0) is 23.8. The van der Waals surface area contributed by atoms with Gasteiger partial charge < -0.3 is 10.1 Å². The van der Waals surface area contributed by atoms with E-state index < -0.39 is 29.6 Å². The number of aromatic nitrogens is 4. The number of anilines is 1. The molecule has 0 saturated carbocycles. The predicted octanol–water partition coefficient (Wildman–Crippen LogP) is 4.51. The van der Waals surface area contributed by atoms with Crippen LogP contribution in [0.25, 0.3) is 16.9 Å². The first-order valence-corrected chi connectivity index (χ1v) is 9.35. The van der Waals surface area contributed by atoms with Gasteiger partial charge in [0.25, 0.3) is 0 Å². The number of benzene rings is 2. The van der Waals surface area contributed by atoms with E-state index in [1.165, 1.54) is 30.5 Å². The van der Waals surface area contributed by atoms with Crippen LogP contribution in [0, 0.1) is 11.6 Å². The number of esters is 1. The normalized spacial score (nSPS) is 11.6. The van der Waals surface area contributed by atoms with Crippen LogP contribution in [0.5, 0.6) is 0 Å². The van der Waals surface area contributed by atoms with Gasteiger partial charge in [0, 0.05) is 18.2 Å². The van der Waals surface area contributed by atoms with Crippen molar-refractivity contribution in [2.45, 2.75) is 12.7 Å². The number of alkyl halides is 3. The van der Waals surface area contributed by atoms with Crippen molar-refractivity contribution in [3.05, 3.63) is 77.4 Å². The fraction of sp³-hybridized carbons (Fsp3) is 0.143. The van der Waals surface area contributed by atoms with Gasteiger partial charge in [-0.05, 0) is 24.3 Å². The van der Waals surface area contributed by atoms with Crippen LogP contribution in [0.4, 0.5) is 27.8 Å². The van der Waals surface area contributed by atoms with Crippen molar-refractivity contribution in [3.63, 3.8) is 0 Å². The lowest BCUT2D eigenvalue weighted by atomic mass is 10.2. The Labute approximate surface area is 182 Å². The molecule has 0 atom stereocenters. The molecule has 0 amide bonds. The fourth-order valence-electron chi connectivity index (χ4n) is 3.13. The quantitative estimate of drug-likeness (QED) is 0.347. The summed E-state index contributed by atoms with van der Waals surface area (Å²) >= 11 is 0. The van der Waals surface area contributed by atoms with Crippen LogP contribution in [-0.2, 0) is 17.5 Å². The summed E-state index contributed by atoms with van der Waals surface area (Å²) in [6.45, 7) is -0.0434. The zero-order valence-electron chi connectivity index (χ0n) is 16.8. The highest BCUT2D eigenvalue weighted by atomic mass is 19.4. The van der Waals surface area contributed by atoms with E-state index in [0.717, 1.165) is 30.0 Å². The van der Waals surface area contributed by atoms with Crippen LogP contribution >= 0.6 is 0 Å². The minimum absolute atomic E-state index is 0.0434. The van der Waals surface area contributed by atoms with E-state index in [0.29, 0.717) is 0 Å². The van der Waals surface area contributed by atoms with Crippen LogP contribution < -0.4 is 5.32 Å². The Morgan fingerprint density at radius 2 is 1.88 bits per heavy atom. The number of halogens is 5. The molecule has 0 unspecified atom stereocenters. The number of hydrogen-bond donors (Lipinski definition) is 1. The molecule has 0 bridgehead atoms. The lowest BCUT2D eigenvalue weighted by molar-refractivity contribution is -0.145. The van der Waals surface area contributed by atoms with Gasteiger partial charge in [-0.25, -0.2) is 28.5 Å². The van der Waals surface area contributed by atoms with Crippen molar-refractivity contribution in [2.24, 2.45) is 0 Å². The number of carbonyl (C=O) groups is 1. The Morgan fingerprint density at radius 1 is 1.09 bits per heavy atom. The van der Waals surface area contributed by atoms with Crippen molar-refractivity contribution >= 4 is 22.8 Å². The predicted molar refractivity (Wildman–Crippen MR) is 107 cm³/mol. The lowest BCUT2D eigenvalue weighted by Gasteiger charge is -2.11. The van der Waals surface area contributed by atoms with Gasteiger partial charge in [0.1, 0.15) is 17.5 Å². The molecule has 2 aromatic heterocycles. The average molecular weight is 463 g/mol. The first kappa shape index (κ1) is 22.1. The van der Waals surface area contributed by atoms with Gasteiger partial charge >= 0.3 is 12.1 Å². The van der Waals surface area contributed by atoms with Gasteiger partial charge in [-0.15, -0.1) is 0 Å². The number of hydrogen-bond acceptors (Lipinski definition) is 6. The third-order valence-electron chi connectivity index (χ3n) is 4.67. The zero-order valence-corrected chi connectivity index (χ0v) is 16.8. The maximum absolute atomic E-state index is 13.7. The summed E-state index contributed by atoms with van der Waals surface area (Å²) in [7, 11) is 1.15. The second kappa shape index (κ2) is 8.45. The monoisotopic (exact) mass is 463 g/mol. The molecule has 0 saturated heterocycles. The van der Waals surface area contributed by atoms with Gasteiger partial charge in [-0.1, -0.05) is 6.07 Å². The number of ether oxygens (including phenoxy) is 1. The molecule has 1 N–H and O–H groups in total. The van der Waals surface area contributed by atoms with E-state index in [4.69, 9.17) is 0 Å². The molecule has 4 rings (SSSR count). The Morgan fingerprint density at radius 3 is 2.52 bits per heavy atom. The smallest absolute Gasteiger partial charge is 0.450 e. The molecule has 2 heterocycles. The molecule has 0 aliphatic carbocycles. The van der Waals surface area contributed by atoms with Crippen molar-refractivity contribution in [1.82, 2.24) is 19.5 Å². The molecule has 0 spiro atoms. The Hall–Kier alpha value is -4.09. The Bertz CT molecular complexity index is 1340. The van der Waals surface area contributed by atoms with Crippen LogP contribution in [0.1, 0.15) is 21.7 Å². The molecule has 4 aromatic rings. The van der Waals surface area contributed by atoms with Crippen molar-refractivity contribution in [1.29, 1.82) is 0 Å². The van der Waals surface area contributed by atoms with Gasteiger partial charge in [0.15, 0.2) is 5.82 Å². The highest BCUT2D eigenvalue weighted by Crippen LogP contribution is 2.33. The van der Waals surface area contributed by atoms with Crippen LogP contribution in [0.15, 0.2) is 48.8 Å². The Kier molecular flexibility index (Phi) is 5.66. The molecule has 0 aliphatic rings. The number of imidazole rings is 1. The van der Waals surface area contributed by atoms with E-state index in [9.17, 15) is 26.7 Å². The molecule has 12 heteroatoms. The van der Waals surface area contributed by atoms with Crippen molar-refractivity contribution in [3.8, 4) is 5.82 Å². The topological polar surface area (TPSA) is 81.9 Å².